The molecular formula is C40H51N2O11P. The van der Waals surface area contributed by atoms with E-state index in [4.69, 9.17) is 37.5 Å². The first-order valence-electron chi connectivity index (χ1n) is 17.8. The van der Waals surface area contributed by atoms with Gasteiger partial charge < -0.3 is 42.6 Å². The number of nitrogens with zero attached hydrogens (tertiary/aromatic N) is 2. The van der Waals surface area contributed by atoms with Crippen LogP contribution in [0.2, 0.25) is 0 Å². The fraction of sp³-hybridized carbons (Fsp3) is 0.475. The van der Waals surface area contributed by atoms with E-state index in [0.29, 0.717) is 11.5 Å². The molecule has 13 nitrogen and oxygen atoms in total. The fourth-order valence-electron chi connectivity index (χ4n) is 6.48. The number of hydrogen-bond acceptors (Lipinski definition) is 13. The molecule has 4 rings (SSSR count). The number of hydrogen-bond donors (Lipinski definition) is 1. The average molecular weight is 767 g/mol. The molecule has 1 unspecified atom stereocenters. The summed E-state index contributed by atoms with van der Waals surface area (Å²) < 4.78 is 50.6. The molecule has 6 atom stereocenters. The summed E-state index contributed by atoms with van der Waals surface area (Å²) in [5.74, 6) is -0.135. The van der Waals surface area contributed by atoms with Crippen LogP contribution in [0.3, 0.4) is 0 Å². The number of nitriles is 1. The summed E-state index contributed by atoms with van der Waals surface area (Å²) in [5, 5.41) is 20.7. The third kappa shape index (κ3) is 10.3. The summed E-state index contributed by atoms with van der Waals surface area (Å²) in [7, 11) is 1.23. The van der Waals surface area contributed by atoms with E-state index in [1.54, 1.807) is 14.2 Å². The lowest BCUT2D eigenvalue weighted by Gasteiger charge is -2.46. The van der Waals surface area contributed by atoms with E-state index >= 15 is 0 Å². The van der Waals surface area contributed by atoms with Gasteiger partial charge in [0.2, 0.25) is 0 Å². The minimum Gasteiger partial charge on any atom is -0.497 e. The molecule has 0 bridgehead atoms. The topological polar surface area (TPSA) is 155 Å². The number of ether oxygens (including phenoxy) is 6. The molecule has 1 aliphatic heterocycles. The molecule has 0 radical (unpaired) electrons. The summed E-state index contributed by atoms with van der Waals surface area (Å²) in [6, 6.07) is 26.5. The second kappa shape index (κ2) is 20.0. The van der Waals surface area contributed by atoms with Crippen molar-refractivity contribution in [3.8, 4) is 17.6 Å². The highest BCUT2D eigenvalue weighted by molar-refractivity contribution is 7.44. The van der Waals surface area contributed by atoms with Gasteiger partial charge in [-0.3, -0.25) is 9.59 Å². The van der Waals surface area contributed by atoms with Crippen LogP contribution in [-0.2, 0) is 43.2 Å². The van der Waals surface area contributed by atoms with E-state index < -0.39 is 56.8 Å². The monoisotopic (exact) mass is 766 g/mol. The van der Waals surface area contributed by atoms with Gasteiger partial charge in [-0.05, 0) is 68.7 Å². The van der Waals surface area contributed by atoms with E-state index in [1.165, 1.54) is 13.8 Å². The Morgan fingerprint density at radius 1 is 0.815 bits per heavy atom. The van der Waals surface area contributed by atoms with Gasteiger partial charge in [-0.1, -0.05) is 54.6 Å². The van der Waals surface area contributed by atoms with Crippen LogP contribution in [0.4, 0.5) is 0 Å². The molecular weight excluding hydrogens is 715 g/mol. The van der Waals surface area contributed by atoms with Crippen molar-refractivity contribution in [1.82, 2.24) is 4.67 Å². The highest BCUT2D eigenvalue weighted by atomic mass is 31.2. The van der Waals surface area contributed by atoms with Crippen LogP contribution in [0.5, 0.6) is 11.5 Å². The van der Waals surface area contributed by atoms with Gasteiger partial charge in [0.05, 0.1) is 39.9 Å². The van der Waals surface area contributed by atoms with Crippen molar-refractivity contribution in [2.24, 2.45) is 0 Å². The van der Waals surface area contributed by atoms with Crippen LogP contribution in [0.25, 0.3) is 0 Å². The van der Waals surface area contributed by atoms with Crippen molar-refractivity contribution in [3.05, 3.63) is 95.6 Å². The Hall–Kier alpha value is -4.12. The van der Waals surface area contributed by atoms with Crippen molar-refractivity contribution in [1.29, 1.82) is 5.26 Å². The van der Waals surface area contributed by atoms with Gasteiger partial charge in [0, 0.05) is 25.9 Å². The SMILES string of the molecule is COc1ccc(C(OC[C@H]2O[C@H](O)[C@H](OC(C)=O)[C@@H](OC(C)=O)[C@@H]2OP(OCCC#N)N(C(C)C)C(C)C)(c2ccccc2)c2ccc(OC)cc2)cc1. The lowest BCUT2D eigenvalue weighted by atomic mass is 9.80. The summed E-state index contributed by atoms with van der Waals surface area (Å²) in [6.45, 7) is 10.2. The van der Waals surface area contributed by atoms with E-state index in [-0.39, 0.29) is 31.7 Å². The summed E-state index contributed by atoms with van der Waals surface area (Å²) in [6.07, 6.45) is -6.74. The van der Waals surface area contributed by atoms with Gasteiger partial charge in [-0.25, -0.2) is 4.67 Å². The highest BCUT2D eigenvalue weighted by Gasteiger charge is 2.53. The maximum Gasteiger partial charge on any atom is 0.303 e. The molecule has 1 heterocycles. The van der Waals surface area contributed by atoms with E-state index in [2.05, 4.69) is 6.07 Å². The maximum atomic E-state index is 12.7. The van der Waals surface area contributed by atoms with E-state index in [1.807, 2.05) is 111 Å². The van der Waals surface area contributed by atoms with Crippen LogP contribution >= 0.6 is 8.53 Å². The Morgan fingerprint density at radius 3 is 1.78 bits per heavy atom. The molecule has 14 heteroatoms. The lowest BCUT2D eigenvalue weighted by molar-refractivity contribution is -0.294. The van der Waals surface area contributed by atoms with Crippen molar-refractivity contribution in [3.63, 3.8) is 0 Å². The van der Waals surface area contributed by atoms with Crippen LogP contribution in [0.1, 0.15) is 64.7 Å². The number of rotatable bonds is 18. The van der Waals surface area contributed by atoms with Crippen molar-refractivity contribution < 1.29 is 52.2 Å². The zero-order valence-corrected chi connectivity index (χ0v) is 32.9. The number of methoxy groups -OCH3 is 2. The predicted molar refractivity (Wildman–Crippen MR) is 200 cm³/mol. The summed E-state index contributed by atoms with van der Waals surface area (Å²) in [5.41, 5.74) is 0.987. The van der Waals surface area contributed by atoms with Gasteiger partial charge in [-0.2, -0.15) is 5.26 Å². The zero-order valence-electron chi connectivity index (χ0n) is 32.0. The van der Waals surface area contributed by atoms with Gasteiger partial charge >= 0.3 is 11.9 Å². The maximum absolute atomic E-state index is 12.7. The Kier molecular flexibility index (Phi) is 15.8. The number of aliphatic hydroxyl groups is 1. The van der Waals surface area contributed by atoms with Crippen LogP contribution in [0.15, 0.2) is 78.9 Å². The fourth-order valence-corrected chi connectivity index (χ4v) is 8.25. The largest absolute Gasteiger partial charge is 0.497 e. The molecule has 1 fully saturated rings. The van der Waals surface area contributed by atoms with Crippen molar-refractivity contribution in [2.75, 3.05) is 27.4 Å². The molecule has 0 spiro atoms. The molecule has 54 heavy (non-hydrogen) atoms. The number of carbonyl (C=O) groups is 2. The van der Waals surface area contributed by atoms with E-state index in [0.717, 1.165) is 16.7 Å². The van der Waals surface area contributed by atoms with Gasteiger partial charge in [0.15, 0.2) is 18.5 Å². The third-order valence-electron chi connectivity index (χ3n) is 8.73. The summed E-state index contributed by atoms with van der Waals surface area (Å²) in [4.78, 5) is 25.0. The Labute approximate surface area is 318 Å². The van der Waals surface area contributed by atoms with Crippen LogP contribution in [0, 0.1) is 11.3 Å². The summed E-state index contributed by atoms with van der Waals surface area (Å²) >= 11 is 0. The first kappa shape index (κ1) is 42.6. The molecule has 3 aromatic carbocycles. The van der Waals surface area contributed by atoms with E-state index in [9.17, 15) is 20.0 Å². The number of aliphatic hydroxyl groups excluding tert-OH is 1. The van der Waals surface area contributed by atoms with Crippen LogP contribution < -0.4 is 9.47 Å². The Morgan fingerprint density at radius 2 is 1.31 bits per heavy atom. The molecule has 0 amide bonds. The molecule has 1 N–H and O–H groups in total. The van der Waals surface area contributed by atoms with Crippen molar-refractivity contribution >= 4 is 20.5 Å². The Bertz CT molecular complexity index is 1610. The predicted octanol–water partition coefficient (Wildman–Crippen LogP) is 6.25. The first-order chi connectivity index (χ1) is 25.9. The molecule has 1 aliphatic rings. The average Bonchev–Trinajstić information content (AvgIpc) is 3.15. The Balaban J connectivity index is 1.90. The third-order valence-corrected chi connectivity index (χ3v) is 10.9. The molecule has 0 aliphatic carbocycles. The standard InChI is InChI=1S/C40H51N2O11P/c1-26(2)42(27(3)4)54(49-24-12-23-41)53-36-35(52-39(45)38(51-29(6)44)37(36)50-28(5)43)25-48-40(30-13-10-9-11-14-30,31-15-19-33(46-7)20-16-31)32-17-21-34(47-8)22-18-32/h9-11,13-22,26-27,35-39,45H,12,24-25H2,1-8H3/t35-,36-,37+,38-,39+,54?/m1/s1. The molecule has 292 valence electrons. The van der Waals surface area contributed by atoms with Crippen molar-refractivity contribution in [2.45, 2.75) is 96.4 Å². The highest BCUT2D eigenvalue weighted by Crippen LogP contribution is 2.50. The number of benzene rings is 3. The second-order valence-corrected chi connectivity index (χ2v) is 14.6. The van der Waals surface area contributed by atoms with Gasteiger partial charge in [-0.15, -0.1) is 0 Å². The zero-order chi connectivity index (χ0) is 39.4. The first-order valence-corrected chi connectivity index (χ1v) is 18.9. The smallest absolute Gasteiger partial charge is 0.303 e. The molecule has 0 aromatic heterocycles. The number of esters is 2. The quantitative estimate of drug-likeness (QED) is 0.0672. The normalized spacial score (nSPS) is 20.7. The minimum absolute atomic E-state index is 0.0627. The number of carbonyl (C=O) groups excluding carboxylic acids is 2. The van der Waals surface area contributed by atoms with Crippen LogP contribution in [-0.4, -0.2) is 91.9 Å². The second-order valence-electron chi connectivity index (χ2n) is 13.1. The van der Waals surface area contributed by atoms with Gasteiger partial charge in [0.1, 0.15) is 29.3 Å². The van der Waals surface area contributed by atoms with Gasteiger partial charge in [0.25, 0.3) is 8.53 Å². The minimum atomic E-state index is -1.95. The molecule has 1 saturated heterocycles. The lowest BCUT2D eigenvalue weighted by Crippen LogP contribution is -2.62. The molecule has 3 aromatic rings. The molecule has 0 saturated carbocycles.